The summed E-state index contributed by atoms with van der Waals surface area (Å²) in [5.41, 5.74) is 0.302. The van der Waals surface area contributed by atoms with Crippen molar-refractivity contribution >= 4 is 13.1 Å². The van der Waals surface area contributed by atoms with Crippen LogP contribution in [0.2, 0.25) is 0 Å². The number of rotatable bonds is 4. The fourth-order valence-corrected chi connectivity index (χ4v) is 6.87. The molecule has 0 bridgehead atoms. The Labute approximate surface area is 169 Å². The summed E-state index contributed by atoms with van der Waals surface area (Å²) in [6, 6.07) is 2.80. The van der Waals surface area contributed by atoms with Crippen LogP contribution in [-0.4, -0.2) is 36.6 Å². The van der Waals surface area contributed by atoms with Gasteiger partial charge >= 0.3 is 13.1 Å². The van der Waals surface area contributed by atoms with Gasteiger partial charge in [-0.05, 0) is 37.7 Å². The lowest BCUT2D eigenvalue weighted by molar-refractivity contribution is -0.429. The molecule has 5 aliphatic rings. The van der Waals surface area contributed by atoms with E-state index in [0.29, 0.717) is 11.5 Å². The SMILES string of the molecule is CC1(C)OC(=O)c2c(F)ccc(COCB3OC45CC6CC(C64C)[C@]5(C)O3)c2O1. The van der Waals surface area contributed by atoms with Crippen molar-refractivity contribution in [1.29, 1.82) is 0 Å². The predicted octanol–water partition coefficient (Wildman–Crippen LogP) is 3.26. The Bertz CT molecular complexity index is 951. The van der Waals surface area contributed by atoms with Gasteiger partial charge in [0.1, 0.15) is 17.1 Å². The van der Waals surface area contributed by atoms with Gasteiger partial charge in [-0.25, -0.2) is 9.18 Å². The van der Waals surface area contributed by atoms with Crippen LogP contribution in [0.25, 0.3) is 0 Å². The first-order valence-corrected chi connectivity index (χ1v) is 10.3. The van der Waals surface area contributed by atoms with Crippen molar-refractivity contribution in [3.05, 3.63) is 29.1 Å². The normalized spacial score (nSPS) is 42.4. The van der Waals surface area contributed by atoms with Crippen molar-refractivity contribution in [2.75, 3.05) is 6.51 Å². The van der Waals surface area contributed by atoms with Crippen molar-refractivity contribution < 1.29 is 32.7 Å². The van der Waals surface area contributed by atoms with E-state index in [-0.39, 0.29) is 41.0 Å². The molecular weight excluding hydrogens is 378 g/mol. The highest BCUT2D eigenvalue weighted by Gasteiger charge is 2.93. The van der Waals surface area contributed by atoms with Gasteiger partial charge in [0.25, 0.3) is 0 Å². The second-order valence-electron chi connectivity index (χ2n) is 9.89. The Kier molecular flexibility index (Phi) is 3.23. The average Bonchev–Trinajstić information content (AvgIpc) is 2.94. The first-order chi connectivity index (χ1) is 13.6. The fourth-order valence-electron chi connectivity index (χ4n) is 6.87. The van der Waals surface area contributed by atoms with E-state index < -0.39 is 24.7 Å². The maximum Gasteiger partial charge on any atom is 0.485 e. The quantitative estimate of drug-likeness (QED) is 0.569. The Morgan fingerprint density at radius 3 is 2.69 bits per heavy atom. The number of esters is 1. The number of halogens is 1. The maximum atomic E-state index is 14.2. The molecule has 1 aromatic rings. The standard InChI is InChI=1S/C21H24BFO6/c1-18(2)26-16-11(5-6-13(23)15(16)17(24)27-18)9-25-10-22-28-20(4)14-7-12-8-21(20,29-22)19(12,14)3/h5-6,12,14H,7-10H2,1-4H3/t12?,14?,19?,20-,21?/m0/s1. The van der Waals surface area contributed by atoms with Crippen molar-refractivity contribution in [2.45, 2.75) is 64.1 Å². The highest BCUT2D eigenvalue weighted by atomic mass is 19.1. The first kappa shape index (κ1) is 18.2. The fraction of sp³-hybridized carbons (Fsp3) is 0.667. The van der Waals surface area contributed by atoms with E-state index in [0.717, 1.165) is 12.3 Å². The Morgan fingerprint density at radius 2 is 2.00 bits per heavy atom. The van der Waals surface area contributed by atoms with E-state index in [1.54, 1.807) is 19.9 Å². The molecule has 0 aromatic heterocycles. The molecular formula is C21H24BFO6. The molecule has 2 heterocycles. The summed E-state index contributed by atoms with van der Waals surface area (Å²) in [7, 11) is -0.415. The van der Waals surface area contributed by atoms with Gasteiger partial charge < -0.3 is 23.5 Å². The highest BCUT2D eigenvalue weighted by molar-refractivity contribution is 6.45. The van der Waals surface area contributed by atoms with Crippen LogP contribution in [0.4, 0.5) is 4.39 Å². The number of fused-ring (bicyclic) bond motifs is 2. The van der Waals surface area contributed by atoms with Gasteiger partial charge in [-0.3, -0.25) is 0 Å². The Morgan fingerprint density at radius 1 is 1.21 bits per heavy atom. The summed E-state index contributed by atoms with van der Waals surface area (Å²) in [5.74, 6) is -1.03. The molecule has 0 amide bonds. The molecule has 154 valence electrons. The van der Waals surface area contributed by atoms with E-state index in [2.05, 4.69) is 13.8 Å². The van der Waals surface area contributed by atoms with Crippen molar-refractivity contribution in [1.82, 2.24) is 0 Å². The third-order valence-electron chi connectivity index (χ3n) is 8.26. The molecule has 0 radical (unpaired) electrons. The van der Waals surface area contributed by atoms with E-state index in [1.807, 2.05) is 0 Å². The number of hydrogen-bond acceptors (Lipinski definition) is 6. The molecule has 3 aliphatic carbocycles. The van der Waals surface area contributed by atoms with E-state index in [9.17, 15) is 9.18 Å². The van der Waals surface area contributed by atoms with Crippen molar-refractivity contribution in [2.24, 2.45) is 17.3 Å². The van der Waals surface area contributed by atoms with Gasteiger partial charge in [0.05, 0.1) is 24.3 Å². The molecule has 4 unspecified atom stereocenters. The number of cyclic esters (lactones) is 1. The molecule has 5 atom stereocenters. The monoisotopic (exact) mass is 402 g/mol. The molecule has 1 aromatic carbocycles. The lowest BCUT2D eigenvalue weighted by atomic mass is 9.21. The van der Waals surface area contributed by atoms with Gasteiger partial charge in [0.2, 0.25) is 5.79 Å². The van der Waals surface area contributed by atoms with Crippen LogP contribution >= 0.6 is 0 Å². The van der Waals surface area contributed by atoms with Gasteiger partial charge in [-0.15, -0.1) is 0 Å². The van der Waals surface area contributed by atoms with E-state index in [4.69, 9.17) is 23.5 Å². The largest absolute Gasteiger partial charge is 0.485 e. The number of benzene rings is 1. The van der Waals surface area contributed by atoms with Gasteiger partial charge in [0.15, 0.2) is 0 Å². The summed E-state index contributed by atoms with van der Waals surface area (Å²) in [6.07, 6.45) is 2.31. The molecule has 29 heavy (non-hydrogen) atoms. The van der Waals surface area contributed by atoms with Crippen LogP contribution < -0.4 is 4.74 Å². The minimum atomic E-state index is -1.16. The topological polar surface area (TPSA) is 63.2 Å². The van der Waals surface area contributed by atoms with Crippen LogP contribution in [0.1, 0.15) is 56.5 Å². The van der Waals surface area contributed by atoms with E-state index >= 15 is 0 Å². The summed E-state index contributed by atoms with van der Waals surface area (Å²) in [5, 5.41) is 0. The molecule has 4 fully saturated rings. The van der Waals surface area contributed by atoms with Crippen molar-refractivity contribution in [3.8, 4) is 5.75 Å². The summed E-state index contributed by atoms with van der Waals surface area (Å²) in [4.78, 5) is 12.2. The Balaban J connectivity index is 1.16. The van der Waals surface area contributed by atoms with E-state index in [1.165, 1.54) is 12.5 Å². The van der Waals surface area contributed by atoms with Gasteiger partial charge in [0, 0.05) is 24.8 Å². The molecule has 6 rings (SSSR count). The Hall–Kier alpha value is -1.64. The van der Waals surface area contributed by atoms with Crippen LogP contribution in [0.5, 0.6) is 5.75 Å². The number of ether oxygens (including phenoxy) is 3. The molecule has 2 aliphatic heterocycles. The maximum absolute atomic E-state index is 14.2. The zero-order chi connectivity index (χ0) is 20.4. The van der Waals surface area contributed by atoms with Gasteiger partial charge in [-0.2, -0.15) is 0 Å². The third-order valence-corrected chi connectivity index (χ3v) is 8.26. The molecule has 8 heteroatoms. The first-order valence-electron chi connectivity index (χ1n) is 10.3. The molecule has 3 saturated carbocycles. The molecule has 1 saturated heterocycles. The molecule has 1 spiro atoms. The average molecular weight is 402 g/mol. The molecule has 6 nitrogen and oxygen atoms in total. The number of carbonyl (C=O) groups is 1. The summed E-state index contributed by atoms with van der Waals surface area (Å²) < 4.78 is 43.5. The molecule has 0 N–H and O–H groups in total. The lowest BCUT2D eigenvalue weighted by Crippen LogP contribution is -2.92. The van der Waals surface area contributed by atoms with Crippen LogP contribution in [0, 0.1) is 23.1 Å². The lowest BCUT2D eigenvalue weighted by Gasteiger charge is -2.87. The smallest absolute Gasteiger partial charge is 0.451 e. The van der Waals surface area contributed by atoms with Crippen molar-refractivity contribution in [3.63, 3.8) is 0 Å². The van der Waals surface area contributed by atoms with Crippen LogP contribution in [0.15, 0.2) is 12.1 Å². The third kappa shape index (κ3) is 1.92. The predicted molar refractivity (Wildman–Crippen MR) is 99.6 cm³/mol. The minimum absolute atomic E-state index is 0.155. The van der Waals surface area contributed by atoms with Crippen LogP contribution in [-0.2, 0) is 25.4 Å². The minimum Gasteiger partial charge on any atom is -0.451 e. The zero-order valence-electron chi connectivity index (χ0n) is 17.0. The van der Waals surface area contributed by atoms with Crippen LogP contribution in [0.3, 0.4) is 0 Å². The highest BCUT2D eigenvalue weighted by Crippen LogP contribution is 2.87. The zero-order valence-corrected chi connectivity index (χ0v) is 17.0. The second kappa shape index (κ2) is 5.15. The summed E-state index contributed by atoms with van der Waals surface area (Å²) >= 11 is 0. The second-order valence-corrected chi connectivity index (χ2v) is 9.89. The number of carbonyl (C=O) groups excluding carboxylic acids is 1. The van der Waals surface area contributed by atoms with Gasteiger partial charge in [-0.1, -0.05) is 13.0 Å². The summed E-state index contributed by atoms with van der Waals surface area (Å²) in [6.45, 7) is 8.15. The number of hydrogen-bond donors (Lipinski definition) is 0.